The highest BCUT2D eigenvalue weighted by Gasteiger charge is 2.09. The topological polar surface area (TPSA) is 46.5 Å². The number of ether oxygens (including phenoxy) is 1. The zero-order valence-electron chi connectivity index (χ0n) is 7.56. The van der Waals surface area contributed by atoms with E-state index in [0.717, 1.165) is 12.0 Å². The van der Waals surface area contributed by atoms with E-state index in [0.29, 0.717) is 12.4 Å². The summed E-state index contributed by atoms with van der Waals surface area (Å²) in [5.74, 6) is -0.275. The number of carbonyl (C=O) groups is 1. The van der Waals surface area contributed by atoms with Crippen molar-refractivity contribution in [3.05, 3.63) is 35.4 Å². The van der Waals surface area contributed by atoms with Crippen LogP contribution in [0.2, 0.25) is 0 Å². The first-order valence-corrected chi connectivity index (χ1v) is 4.44. The van der Waals surface area contributed by atoms with E-state index in [1.165, 1.54) is 0 Å². The van der Waals surface area contributed by atoms with Crippen LogP contribution in [0.15, 0.2) is 24.3 Å². The zero-order valence-corrected chi connectivity index (χ0v) is 7.56. The van der Waals surface area contributed by atoms with Gasteiger partial charge in [-0.3, -0.25) is 0 Å². The molecular formula is C11H10O3. The zero-order chi connectivity index (χ0) is 9.97. The normalized spacial score (nSPS) is 14.0. The molecule has 2 rings (SSSR count). The molecule has 1 N–H and O–H groups in total. The van der Waals surface area contributed by atoms with Gasteiger partial charge in [0.05, 0.1) is 12.2 Å². The van der Waals surface area contributed by atoms with Crippen molar-refractivity contribution in [2.45, 2.75) is 6.42 Å². The Morgan fingerprint density at radius 2 is 2.29 bits per heavy atom. The standard InChI is InChI=1S/C11H10O3/c12-11(13)9-5-4-8-3-1-2-6-14-10(8)7-9/h1,3-5,7H,2,6H2,(H,12,13). The molecular weight excluding hydrogens is 180 g/mol. The maximum absolute atomic E-state index is 10.7. The van der Waals surface area contributed by atoms with Crippen LogP contribution >= 0.6 is 0 Å². The Hall–Kier alpha value is -1.77. The Bertz CT molecular complexity index is 394. The van der Waals surface area contributed by atoms with Crippen LogP contribution in [0.5, 0.6) is 5.75 Å². The van der Waals surface area contributed by atoms with Gasteiger partial charge in [0.25, 0.3) is 0 Å². The van der Waals surface area contributed by atoms with Crippen molar-refractivity contribution in [1.29, 1.82) is 0 Å². The van der Waals surface area contributed by atoms with Gasteiger partial charge >= 0.3 is 5.97 Å². The van der Waals surface area contributed by atoms with Gasteiger partial charge in [-0.2, -0.15) is 0 Å². The van der Waals surface area contributed by atoms with Crippen molar-refractivity contribution in [2.24, 2.45) is 0 Å². The lowest BCUT2D eigenvalue weighted by atomic mass is 10.1. The SMILES string of the molecule is O=C(O)c1ccc2c(c1)OCCC=C2. The van der Waals surface area contributed by atoms with Crippen LogP contribution in [0, 0.1) is 0 Å². The Morgan fingerprint density at radius 3 is 3.07 bits per heavy atom. The summed E-state index contributed by atoms with van der Waals surface area (Å²) in [5.41, 5.74) is 1.20. The molecule has 1 aliphatic heterocycles. The van der Waals surface area contributed by atoms with E-state index in [4.69, 9.17) is 9.84 Å². The molecule has 0 aliphatic carbocycles. The highest BCUT2D eigenvalue weighted by Crippen LogP contribution is 2.24. The fourth-order valence-electron chi connectivity index (χ4n) is 1.38. The summed E-state index contributed by atoms with van der Waals surface area (Å²) in [6, 6.07) is 4.91. The van der Waals surface area contributed by atoms with Crippen molar-refractivity contribution in [2.75, 3.05) is 6.61 Å². The predicted molar refractivity (Wildman–Crippen MR) is 52.5 cm³/mol. The molecule has 1 heterocycles. The first-order valence-electron chi connectivity index (χ1n) is 4.44. The third kappa shape index (κ3) is 1.62. The molecule has 0 bridgehead atoms. The number of rotatable bonds is 1. The van der Waals surface area contributed by atoms with Gasteiger partial charge in [0.1, 0.15) is 5.75 Å². The maximum atomic E-state index is 10.7. The van der Waals surface area contributed by atoms with Crippen LogP contribution in [0.25, 0.3) is 6.08 Å². The number of carboxylic acids is 1. The number of hydrogen-bond donors (Lipinski definition) is 1. The van der Waals surface area contributed by atoms with Crippen LogP contribution in [0.4, 0.5) is 0 Å². The van der Waals surface area contributed by atoms with E-state index in [9.17, 15) is 4.79 Å². The number of aromatic carboxylic acids is 1. The average molecular weight is 190 g/mol. The quantitative estimate of drug-likeness (QED) is 0.738. The predicted octanol–water partition coefficient (Wildman–Crippen LogP) is 2.18. The summed E-state index contributed by atoms with van der Waals surface area (Å²) in [6.45, 7) is 0.604. The largest absolute Gasteiger partial charge is 0.493 e. The first-order chi connectivity index (χ1) is 6.77. The van der Waals surface area contributed by atoms with E-state index in [1.807, 2.05) is 12.2 Å². The molecule has 0 atom stereocenters. The third-order valence-corrected chi connectivity index (χ3v) is 2.10. The lowest BCUT2D eigenvalue weighted by molar-refractivity contribution is 0.0696. The molecule has 0 saturated heterocycles. The highest BCUT2D eigenvalue weighted by atomic mass is 16.5. The molecule has 1 aliphatic rings. The lowest BCUT2D eigenvalue weighted by Gasteiger charge is -2.06. The molecule has 0 unspecified atom stereocenters. The highest BCUT2D eigenvalue weighted by molar-refractivity contribution is 5.88. The van der Waals surface area contributed by atoms with Gasteiger partial charge < -0.3 is 9.84 Å². The molecule has 1 aromatic rings. The van der Waals surface area contributed by atoms with Crippen molar-refractivity contribution in [3.8, 4) is 5.75 Å². The molecule has 3 nitrogen and oxygen atoms in total. The van der Waals surface area contributed by atoms with E-state index in [1.54, 1.807) is 18.2 Å². The van der Waals surface area contributed by atoms with Gasteiger partial charge in [0, 0.05) is 5.56 Å². The second kappa shape index (κ2) is 3.54. The van der Waals surface area contributed by atoms with Crippen molar-refractivity contribution in [1.82, 2.24) is 0 Å². The van der Waals surface area contributed by atoms with Crippen LogP contribution in [0.3, 0.4) is 0 Å². The van der Waals surface area contributed by atoms with E-state index in [-0.39, 0.29) is 5.56 Å². The molecule has 0 saturated carbocycles. The fraction of sp³-hybridized carbons (Fsp3) is 0.182. The first kappa shape index (κ1) is 8.81. The molecule has 0 spiro atoms. The molecule has 14 heavy (non-hydrogen) atoms. The molecule has 0 fully saturated rings. The minimum atomic E-state index is -0.926. The number of hydrogen-bond acceptors (Lipinski definition) is 2. The van der Waals surface area contributed by atoms with Gasteiger partial charge in [-0.25, -0.2) is 4.79 Å². The summed E-state index contributed by atoms with van der Waals surface area (Å²) < 4.78 is 5.41. The van der Waals surface area contributed by atoms with Gasteiger partial charge in [-0.1, -0.05) is 18.2 Å². The molecule has 1 aromatic carbocycles. The maximum Gasteiger partial charge on any atom is 0.335 e. The Morgan fingerprint density at radius 1 is 1.43 bits per heavy atom. The third-order valence-electron chi connectivity index (χ3n) is 2.10. The van der Waals surface area contributed by atoms with Crippen LogP contribution < -0.4 is 4.74 Å². The van der Waals surface area contributed by atoms with Crippen molar-refractivity contribution < 1.29 is 14.6 Å². The summed E-state index contributed by atoms with van der Waals surface area (Å²) >= 11 is 0. The van der Waals surface area contributed by atoms with Crippen molar-refractivity contribution >= 4 is 12.0 Å². The summed E-state index contributed by atoms with van der Waals surface area (Å²) in [5, 5.41) is 8.78. The minimum Gasteiger partial charge on any atom is -0.493 e. The van der Waals surface area contributed by atoms with E-state index >= 15 is 0 Å². The molecule has 3 heteroatoms. The van der Waals surface area contributed by atoms with Gasteiger partial charge in [0.2, 0.25) is 0 Å². The van der Waals surface area contributed by atoms with Gasteiger partial charge in [0.15, 0.2) is 0 Å². The fourth-order valence-corrected chi connectivity index (χ4v) is 1.38. The lowest BCUT2D eigenvalue weighted by Crippen LogP contribution is -1.99. The Balaban J connectivity index is 2.44. The van der Waals surface area contributed by atoms with Crippen molar-refractivity contribution in [3.63, 3.8) is 0 Å². The molecule has 0 aromatic heterocycles. The van der Waals surface area contributed by atoms with E-state index in [2.05, 4.69) is 0 Å². The number of carboxylic acid groups (broad SMARTS) is 1. The van der Waals surface area contributed by atoms with Gasteiger partial charge in [-0.15, -0.1) is 0 Å². The number of benzene rings is 1. The average Bonchev–Trinajstić information content (AvgIpc) is 2.41. The van der Waals surface area contributed by atoms with Crippen LogP contribution in [0.1, 0.15) is 22.3 Å². The molecule has 0 radical (unpaired) electrons. The second-order valence-electron chi connectivity index (χ2n) is 3.10. The summed E-state index contributed by atoms with van der Waals surface area (Å²) in [7, 11) is 0. The van der Waals surface area contributed by atoms with Crippen LogP contribution in [-0.4, -0.2) is 17.7 Å². The summed E-state index contributed by atoms with van der Waals surface area (Å²) in [6.07, 6.45) is 4.83. The Kier molecular flexibility index (Phi) is 2.23. The molecule has 0 amide bonds. The summed E-state index contributed by atoms with van der Waals surface area (Å²) in [4.78, 5) is 10.7. The monoisotopic (exact) mass is 190 g/mol. The minimum absolute atomic E-state index is 0.263. The smallest absolute Gasteiger partial charge is 0.335 e. The second-order valence-corrected chi connectivity index (χ2v) is 3.10. The molecule has 72 valence electrons. The Labute approximate surface area is 81.6 Å². The van der Waals surface area contributed by atoms with Gasteiger partial charge in [-0.05, 0) is 18.6 Å². The number of fused-ring (bicyclic) bond motifs is 1. The van der Waals surface area contributed by atoms with Crippen LogP contribution in [-0.2, 0) is 0 Å². The van der Waals surface area contributed by atoms with E-state index < -0.39 is 5.97 Å².